The van der Waals surface area contributed by atoms with Gasteiger partial charge in [-0.25, -0.2) is 0 Å². The third-order valence-corrected chi connectivity index (χ3v) is 6.00. The topological polar surface area (TPSA) is 55.2 Å². The van der Waals surface area contributed by atoms with Crippen LogP contribution in [-0.2, 0) is 24.2 Å². The average molecular weight is 399 g/mol. The van der Waals surface area contributed by atoms with Crippen molar-refractivity contribution in [2.24, 2.45) is 5.92 Å². The first-order chi connectivity index (χ1) is 14.0. The minimum atomic E-state index is -0.0204. The summed E-state index contributed by atoms with van der Waals surface area (Å²) in [4.78, 5) is 17.5. The number of rotatable bonds is 5. The van der Waals surface area contributed by atoms with E-state index in [1.54, 1.807) is 7.11 Å². The van der Waals surface area contributed by atoms with Gasteiger partial charge in [0, 0.05) is 25.8 Å². The summed E-state index contributed by atoms with van der Waals surface area (Å²) in [6, 6.07) is 10.0. The molecule has 6 heteroatoms. The van der Waals surface area contributed by atoms with E-state index in [1.165, 1.54) is 11.1 Å². The predicted molar refractivity (Wildman–Crippen MR) is 110 cm³/mol. The molecule has 6 nitrogen and oxygen atoms in total. The molecule has 1 amide bonds. The third-order valence-electron chi connectivity index (χ3n) is 6.00. The average Bonchev–Trinajstić information content (AvgIpc) is 3.20. The Bertz CT molecular complexity index is 854. The maximum Gasteiger partial charge on any atom is 0.290 e. The number of ether oxygens (including phenoxy) is 2. The molecule has 0 saturated carbocycles. The van der Waals surface area contributed by atoms with Crippen molar-refractivity contribution in [3.8, 4) is 5.75 Å². The Balaban J connectivity index is 1.62. The summed E-state index contributed by atoms with van der Waals surface area (Å²) in [5.41, 5.74) is 2.46. The van der Waals surface area contributed by atoms with Gasteiger partial charge in [-0.1, -0.05) is 6.07 Å². The second-order valence-corrected chi connectivity index (χ2v) is 8.29. The fourth-order valence-electron chi connectivity index (χ4n) is 4.49. The van der Waals surface area contributed by atoms with Gasteiger partial charge in [-0.05, 0) is 74.7 Å². The van der Waals surface area contributed by atoms with Gasteiger partial charge in [0.05, 0.1) is 13.7 Å². The zero-order valence-electron chi connectivity index (χ0n) is 17.5. The standard InChI is InChI=1S/C23H30N2O4/c1-24(2)15-20-6-7-22(29-20)23(26)25-14-17-4-5-19(27-3)12-18(17)13-21(25)16-8-10-28-11-9-16/h4-7,12,16,21H,8-11,13-15H2,1-3H3/t21-/m1/s1. The Labute approximate surface area is 172 Å². The molecular formula is C23H30N2O4. The summed E-state index contributed by atoms with van der Waals surface area (Å²) in [5.74, 6) is 2.52. The van der Waals surface area contributed by atoms with E-state index in [9.17, 15) is 4.79 Å². The van der Waals surface area contributed by atoms with E-state index in [4.69, 9.17) is 13.9 Å². The number of carbonyl (C=O) groups is 1. The molecule has 0 unspecified atom stereocenters. The molecule has 0 N–H and O–H groups in total. The maximum absolute atomic E-state index is 13.4. The van der Waals surface area contributed by atoms with E-state index in [0.717, 1.165) is 44.0 Å². The highest BCUT2D eigenvalue weighted by Gasteiger charge is 2.37. The number of furan rings is 1. The molecule has 0 bridgehead atoms. The van der Waals surface area contributed by atoms with Crippen LogP contribution in [0.15, 0.2) is 34.7 Å². The molecule has 0 spiro atoms. The van der Waals surface area contributed by atoms with Gasteiger partial charge in [-0.2, -0.15) is 0 Å². The van der Waals surface area contributed by atoms with Crippen molar-refractivity contribution in [1.82, 2.24) is 9.80 Å². The molecule has 2 aliphatic heterocycles. The monoisotopic (exact) mass is 398 g/mol. The number of benzene rings is 1. The van der Waals surface area contributed by atoms with Gasteiger partial charge in [-0.3, -0.25) is 4.79 Å². The Hall–Kier alpha value is -2.31. The number of amides is 1. The Kier molecular flexibility index (Phi) is 5.92. The lowest BCUT2D eigenvalue weighted by Crippen LogP contribution is -2.49. The SMILES string of the molecule is COc1ccc2c(c1)C[C@H](C1CCOCC1)N(C(=O)c1ccc(CN(C)C)o1)C2. The highest BCUT2D eigenvalue weighted by atomic mass is 16.5. The maximum atomic E-state index is 13.4. The van der Waals surface area contributed by atoms with Gasteiger partial charge in [0.25, 0.3) is 5.91 Å². The molecule has 1 aromatic heterocycles. The first-order valence-electron chi connectivity index (χ1n) is 10.3. The van der Waals surface area contributed by atoms with E-state index < -0.39 is 0 Å². The second kappa shape index (κ2) is 8.59. The minimum absolute atomic E-state index is 0.0204. The van der Waals surface area contributed by atoms with Crippen LogP contribution in [0.4, 0.5) is 0 Å². The molecule has 0 aliphatic carbocycles. The van der Waals surface area contributed by atoms with E-state index in [2.05, 4.69) is 12.1 Å². The van der Waals surface area contributed by atoms with Crippen LogP contribution < -0.4 is 4.74 Å². The van der Waals surface area contributed by atoms with Crippen LogP contribution in [0.3, 0.4) is 0 Å². The van der Waals surface area contributed by atoms with Crippen molar-refractivity contribution < 1.29 is 18.7 Å². The van der Waals surface area contributed by atoms with Gasteiger partial charge in [0.2, 0.25) is 0 Å². The van der Waals surface area contributed by atoms with Gasteiger partial charge in [0.1, 0.15) is 11.5 Å². The molecule has 1 fully saturated rings. The predicted octanol–water partition coefficient (Wildman–Crippen LogP) is 3.34. The van der Waals surface area contributed by atoms with Crippen LogP contribution in [0.2, 0.25) is 0 Å². The summed E-state index contributed by atoms with van der Waals surface area (Å²) < 4.78 is 16.9. The number of carbonyl (C=O) groups excluding carboxylic acids is 1. The highest BCUT2D eigenvalue weighted by molar-refractivity contribution is 5.92. The van der Waals surface area contributed by atoms with Crippen LogP contribution in [-0.4, -0.2) is 56.2 Å². The summed E-state index contributed by atoms with van der Waals surface area (Å²) in [7, 11) is 5.67. The number of hydrogen-bond donors (Lipinski definition) is 0. The lowest BCUT2D eigenvalue weighted by atomic mass is 9.82. The molecule has 1 saturated heterocycles. The van der Waals surface area contributed by atoms with Gasteiger partial charge in [0.15, 0.2) is 5.76 Å². The van der Waals surface area contributed by atoms with Gasteiger partial charge in [-0.15, -0.1) is 0 Å². The van der Waals surface area contributed by atoms with Crippen LogP contribution in [0, 0.1) is 5.92 Å². The van der Waals surface area contributed by atoms with E-state index in [-0.39, 0.29) is 11.9 Å². The van der Waals surface area contributed by atoms with Crippen LogP contribution >= 0.6 is 0 Å². The first-order valence-corrected chi connectivity index (χ1v) is 10.3. The molecular weight excluding hydrogens is 368 g/mol. The summed E-state index contributed by atoms with van der Waals surface area (Å²) in [6.45, 7) is 2.81. The number of fused-ring (bicyclic) bond motifs is 1. The molecule has 4 rings (SSSR count). The van der Waals surface area contributed by atoms with Crippen molar-refractivity contribution in [2.45, 2.75) is 38.4 Å². The molecule has 29 heavy (non-hydrogen) atoms. The van der Waals surface area contributed by atoms with Crippen molar-refractivity contribution >= 4 is 5.91 Å². The van der Waals surface area contributed by atoms with Crippen molar-refractivity contribution in [3.63, 3.8) is 0 Å². The molecule has 0 radical (unpaired) electrons. The van der Waals surface area contributed by atoms with Gasteiger partial charge >= 0.3 is 0 Å². The summed E-state index contributed by atoms with van der Waals surface area (Å²) in [5, 5.41) is 0. The Morgan fingerprint density at radius 3 is 2.69 bits per heavy atom. The molecule has 1 atom stereocenters. The second-order valence-electron chi connectivity index (χ2n) is 8.29. The Morgan fingerprint density at radius 2 is 1.97 bits per heavy atom. The highest BCUT2D eigenvalue weighted by Crippen LogP contribution is 2.34. The lowest BCUT2D eigenvalue weighted by molar-refractivity contribution is 0.0165. The summed E-state index contributed by atoms with van der Waals surface area (Å²) in [6.07, 6.45) is 2.81. The third kappa shape index (κ3) is 4.33. The fraction of sp³-hybridized carbons (Fsp3) is 0.522. The molecule has 156 valence electrons. The first kappa shape index (κ1) is 20.0. The Morgan fingerprint density at radius 1 is 1.17 bits per heavy atom. The zero-order valence-corrected chi connectivity index (χ0v) is 17.5. The van der Waals surface area contributed by atoms with Crippen molar-refractivity contribution in [2.75, 3.05) is 34.4 Å². The minimum Gasteiger partial charge on any atom is -0.497 e. The lowest BCUT2D eigenvalue weighted by Gasteiger charge is -2.42. The van der Waals surface area contributed by atoms with Crippen LogP contribution in [0.1, 0.15) is 40.3 Å². The molecule has 1 aromatic carbocycles. The molecule has 3 heterocycles. The number of methoxy groups -OCH3 is 1. The quantitative estimate of drug-likeness (QED) is 0.773. The zero-order chi connectivity index (χ0) is 20.4. The van der Waals surface area contributed by atoms with Gasteiger partial charge < -0.3 is 23.7 Å². The van der Waals surface area contributed by atoms with Crippen LogP contribution in [0.5, 0.6) is 5.75 Å². The van der Waals surface area contributed by atoms with Crippen molar-refractivity contribution in [3.05, 3.63) is 53.0 Å². The summed E-state index contributed by atoms with van der Waals surface area (Å²) >= 11 is 0. The fourth-order valence-corrected chi connectivity index (χ4v) is 4.49. The largest absolute Gasteiger partial charge is 0.497 e. The van der Waals surface area contributed by atoms with E-state index >= 15 is 0 Å². The number of nitrogens with zero attached hydrogens (tertiary/aromatic N) is 2. The van der Waals surface area contributed by atoms with Crippen molar-refractivity contribution in [1.29, 1.82) is 0 Å². The molecule has 2 aliphatic rings. The van der Waals surface area contributed by atoms with E-state index in [1.807, 2.05) is 42.1 Å². The number of hydrogen-bond acceptors (Lipinski definition) is 5. The molecule has 2 aromatic rings. The van der Waals surface area contributed by atoms with E-state index in [0.29, 0.717) is 24.8 Å². The van der Waals surface area contributed by atoms with Crippen LogP contribution in [0.25, 0.3) is 0 Å². The normalized spacial score (nSPS) is 20.0. The smallest absolute Gasteiger partial charge is 0.290 e.